The summed E-state index contributed by atoms with van der Waals surface area (Å²) >= 11 is 11.3. The number of halogens is 9. The van der Waals surface area contributed by atoms with Crippen molar-refractivity contribution in [3.63, 3.8) is 0 Å². The number of anilines is 1. The average molecular weight is 471 g/mol. The predicted octanol–water partition coefficient (Wildman–Crippen LogP) is 6.01. The topological polar surface area (TPSA) is 40.6 Å². The third-order valence-electron chi connectivity index (χ3n) is 3.75. The van der Waals surface area contributed by atoms with E-state index in [0.29, 0.717) is 12.8 Å². The number of alkyl halides is 7. The van der Waals surface area contributed by atoms with Crippen LogP contribution in [-0.2, 0) is 4.79 Å². The van der Waals surface area contributed by atoms with E-state index in [-0.39, 0.29) is 16.6 Å². The summed E-state index contributed by atoms with van der Waals surface area (Å²) < 4.78 is 92.1. The van der Waals surface area contributed by atoms with Crippen LogP contribution in [0, 0.1) is 0 Å². The van der Waals surface area contributed by atoms with Gasteiger partial charge in [0.25, 0.3) is 0 Å². The molecular formula is C16H15Cl2F7N2O2. The molecule has 0 fully saturated rings. The third-order valence-corrected chi connectivity index (χ3v) is 4.49. The van der Waals surface area contributed by atoms with E-state index in [1.807, 2.05) is 0 Å². The number of unbranched alkanes of at least 4 members (excludes halogenated alkanes) is 1. The van der Waals surface area contributed by atoms with Crippen LogP contribution < -0.4 is 4.90 Å². The van der Waals surface area contributed by atoms with E-state index in [1.54, 1.807) is 6.92 Å². The van der Waals surface area contributed by atoms with Crippen LogP contribution in [-0.4, -0.2) is 48.5 Å². The maximum atomic E-state index is 14.0. The van der Waals surface area contributed by atoms with Crippen LogP contribution in [0.25, 0.3) is 0 Å². The molecule has 0 saturated heterocycles. The van der Waals surface area contributed by atoms with Gasteiger partial charge in [-0.1, -0.05) is 36.5 Å². The summed E-state index contributed by atoms with van der Waals surface area (Å²) in [6.07, 6.45) is -5.85. The Kier molecular flexibility index (Phi) is 7.80. The molecule has 0 N–H and O–H groups in total. The van der Waals surface area contributed by atoms with Crippen molar-refractivity contribution in [1.29, 1.82) is 0 Å². The van der Waals surface area contributed by atoms with Crippen LogP contribution >= 0.6 is 23.2 Å². The fourth-order valence-corrected chi connectivity index (χ4v) is 2.35. The van der Waals surface area contributed by atoms with Gasteiger partial charge in [0.1, 0.15) is 0 Å². The molecule has 0 radical (unpaired) electrons. The van der Waals surface area contributed by atoms with Crippen LogP contribution in [0.4, 0.5) is 41.2 Å². The second-order valence-electron chi connectivity index (χ2n) is 5.94. The van der Waals surface area contributed by atoms with Crippen molar-refractivity contribution < 1.29 is 40.3 Å². The van der Waals surface area contributed by atoms with Crippen molar-refractivity contribution in [2.45, 2.75) is 37.8 Å². The second-order valence-corrected chi connectivity index (χ2v) is 6.76. The Bertz CT molecular complexity index is 772. The van der Waals surface area contributed by atoms with Crippen LogP contribution in [0.5, 0.6) is 0 Å². The van der Waals surface area contributed by atoms with E-state index in [0.717, 1.165) is 30.1 Å². The first-order valence-electron chi connectivity index (χ1n) is 7.96. The number of rotatable bonds is 6. The molecule has 0 saturated carbocycles. The summed E-state index contributed by atoms with van der Waals surface area (Å²) in [5, 5.41) is -0.487. The summed E-state index contributed by atoms with van der Waals surface area (Å²) in [5.74, 6) is -16.1. The maximum absolute atomic E-state index is 14.0. The number of hydrogen-bond donors (Lipinski definition) is 0. The lowest BCUT2D eigenvalue weighted by atomic mass is 10.1. The molecule has 0 aliphatic rings. The molecule has 0 atom stereocenters. The highest BCUT2D eigenvalue weighted by molar-refractivity contribution is 6.42. The summed E-state index contributed by atoms with van der Waals surface area (Å²) in [4.78, 5) is 24.9. The lowest BCUT2D eigenvalue weighted by Crippen LogP contribution is -2.62. The minimum Gasteiger partial charge on any atom is -0.327 e. The SMILES string of the molecule is CCCCN(C)C(=O)N(C(=O)C(F)(F)C(F)(F)C(F)(F)F)c1ccc(Cl)c(Cl)c1. The Balaban J connectivity index is 3.52. The molecule has 1 rings (SSSR count). The Morgan fingerprint density at radius 2 is 1.55 bits per heavy atom. The highest BCUT2D eigenvalue weighted by Gasteiger charge is 2.77. The Morgan fingerprint density at radius 3 is 2.00 bits per heavy atom. The summed E-state index contributed by atoms with van der Waals surface area (Å²) in [6.45, 7) is 1.64. The molecule has 164 valence electrons. The van der Waals surface area contributed by atoms with Gasteiger partial charge >= 0.3 is 30.0 Å². The number of benzene rings is 1. The molecule has 13 heteroatoms. The Labute approximate surface area is 171 Å². The number of urea groups is 1. The largest absolute Gasteiger partial charge is 0.460 e. The molecule has 0 bridgehead atoms. The molecule has 0 heterocycles. The summed E-state index contributed by atoms with van der Waals surface area (Å²) in [7, 11) is 1.07. The number of carbonyl (C=O) groups is 2. The standard InChI is InChI=1S/C16H15Cl2F7N2O2/c1-3-4-7-26(2)13(29)27(9-5-6-10(17)11(18)8-9)12(28)14(19,20)15(21,22)16(23,24)25/h5-6,8H,3-4,7H2,1-2H3. The monoisotopic (exact) mass is 470 g/mol. The van der Waals surface area contributed by atoms with E-state index in [1.165, 1.54) is 0 Å². The zero-order valence-electron chi connectivity index (χ0n) is 15.0. The summed E-state index contributed by atoms with van der Waals surface area (Å²) in [5.41, 5.74) is -0.754. The normalized spacial score (nSPS) is 12.7. The highest BCUT2D eigenvalue weighted by Crippen LogP contribution is 2.47. The van der Waals surface area contributed by atoms with Crippen LogP contribution in [0.2, 0.25) is 10.0 Å². The number of nitrogens with zero attached hydrogens (tertiary/aromatic N) is 2. The van der Waals surface area contributed by atoms with E-state index in [4.69, 9.17) is 23.2 Å². The quantitative estimate of drug-likeness (QED) is 0.477. The minimum atomic E-state index is -6.74. The van der Waals surface area contributed by atoms with Crippen molar-refractivity contribution >= 4 is 40.8 Å². The lowest BCUT2D eigenvalue weighted by molar-refractivity contribution is -0.343. The molecule has 29 heavy (non-hydrogen) atoms. The van der Waals surface area contributed by atoms with Crippen LogP contribution in [0.15, 0.2) is 18.2 Å². The fraction of sp³-hybridized carbons (Fsp3) is 0.500. The van der Waals surface area contributed by atoms with Crippen LogP contribution in [0.1, 0.15) is 19.8 Å². The second kappa shape index (κ2) is 8.95. The Morgan fingerprint density at radius 1 is 1.00 bits per heavy atom. The van der Waals surface area contributed by atoms with Crippen molar-refractivity contribution in [1.82, 2.24) is 4.90 Å². The molecule has 0 aromatic heterocycles. The Hall–Kier alpha value is -1.75. The van der Waals surface area contributed by atoms with Crippen molar-refractivity contribution in [2.24, 2.45) is 0 Å². The zero-order chi connectivity index (χ0) is 22.8. The smallest absolute Gasteiger partial charge is 0.327 e. The molecule has 3 amide bonds. The van der Waals surface area contributed by atoms with Crippen molar-refractivity contribution in [3.05, 3.63) is 28.2 Å². The molecule has 1 aromatic rings. The predicted molar refractivity (Wildman–Crippen MR) is 92.8 cm³/mol. The van der Waals surface area contributed by atoms with Gasteiger partial charge in [-0.2, -0.15) is 30.7 Å². The molecule has 4 nitrogen and oxygen atoms in total. The molecular weight excluding hydrogens is 456 g/mol. The first-order valence-corrected chi connectivity index (χ1v) is 8.72. The molecule has 0 aliphatic carbocycles. The number of hydrogen-bond acceptors (Lipinski definition) is 2. The van der Waals surface area contributed by atoms with E-state index < -0.39 is 40.5 Å². The van der Waals surface area contributed by atoms with E-state index in [2.05, 4.69) is 0 Å². The van der Waals surface area contributed by atoms with Gasteiger partial charge in [0.15, 0.2) is 0 Å². The van der Waals surface area contributed by atoms with Gasteiger partial charge in [-0.25, -0.2) is 9.69 Å². The van der Waals surface area contributed by atoms with Crippen molar-refractivity contribution in [2.75, 3.05) is 18.5 Å². The van der Waals surface area contributed by atoms with Crippen molar-refractivity contribution in [3.8, 4) is 0 Å². The van der Waals surface area contributed by atoms with Gasteiger partial charge in [-0.05, 0) is 24.6 Å². The van der Waals surface area contributed by atoms with Gasteiger partial charge < -0.3 is 4.90 Å². The first-order chi connectivity index (χ1) is 13.1. The lowest BCUT2D eigenvalue weighted by Gasteiger charge is -2.33. The minimum absolute atomic E-state index is 0.0817. The van der Waals surface area contributed by atoms with Gasteiger partial charge in [0, 0.05) is 13.6 Å². The number of carbonyl (C=O) groups excluding carboxylic acids is 2. The summed E-state index contributed by atoms with van der Waals surface area (Å²) in [6, 6.07) is 0.938. The molecule has 0 aliphatic heterocycles. The maximum Gasteiger partial charge on any atom is 0.460 e. The molecule has 0 spiro atoms. The number of amides is 3. The van der Waals surface area contributed by atoms with Gasteiger partial charge in [-0.15, -0.1) is 0 Å². The molecule has 1 aromatic carbocycles. The van der Waals surface area contributed by atoms with Gasteiger partial charge in [-0.3, -0.25) is 4.79 Å². The average Bonchev–Trinajstić information content (AvgIpc) is 2.61. The van der Waals surface area contributed by atoms with Crippen LogP contribution in [0.3, 0.4) is 0 Å². The zero-order valence-corrected chi connectivity index (χ0v) is 16.5. The first kappa shape index (κ1) is 25.3. The highest BCUT2D eigenvalue weighted by atomic mass is 35.5. The molecule has 0 unspecified atom stereocenters. The van der Waals surface area contributed by atoms with E-state index in [9.17, 15) is 40.3 Å². The van der Waals surface area contributed by atoms with E-state index >= 15 is 0 Å². The third kappa shape index (κ3) is 5.06. The number of imide groups is 1. The van der Waals surface area contributed by atoms with Gasteiger partial charge in [0.05, 0.1) is 15.7 Å². The van der Waals surface area contributed by atoms with Gasteiger partial charge in [0.2, 0.25) is 0 Å². The fourth-order valence-electron chi connectivity index (χ4n) is 2.05.